The maximum atomic E-state index is 5.89. The van der Waals surface area contributed by atoms with Gasteiger partial charge in [0, 0.05) is 15.5 Å². The molecule has 2 nitrogen and oxygen atoms in total. The summed E-state index contributed by atoms with van der Waals surface area (Å²) >= 11 is 1.77. The van der Waals surface area contributed by atoms with E-state index in [-0.39, 0.29) is 0 Å². The van der Waals surface area contributed by atoms with Crippen LogP contribution in [0.1, 0.15) is 0 Å². The predicted octanol–water partition coefficient (Wildman–Crippen LogP) is 7.75. The van der Waals surface area contributed by atoms with Gasteiger partial charge in [-0.05, 0) is 41.8 Å². The summed E-state index contributed by atoms with van der Waals surface area (Å²) in [7, 11) is 0. The predicted molar refractivity (Wildman–Crippen MR) is 113 cm³/mol. The van der Waals surface area contributed by atoms with E-state index in [1.54, 1.807) is 17.6 Å². The van der Waals surface area contributed by atoms with Crippen LogP contribution in [0, 0.1) is 0 Å². The molecule has 3 heterocycles. The van der Waals surface area contributed by atoms with E-state index in [0.717, 1.165) is 27.7 Å². The number of thiophene rings is 1. The van der Waals surface area contributed by atoms with Crippen LogP contribution in [-0.2, 0) is 0 Å². The van der Waals surface area contributed by atoms with E-state index in [4.69, 9.17) is 8.83 Å². The molecular formula is C24H16O2S. The molecule has 3 aromatic carbocycles. The molecule has 0 amide bonds. The van der Waals surface area contributed by atoms with Gasteiger partial charge in [0.2, 0.25) is 0 Å². The van der Waals surface area contributed by atoms with Crippen LogP contribution in [0.5, 0.6) is 0 Å². The first-order valence-corrected chi connectivity index (χ1v) is 9.58. The van der Waals surface area contributed by atoms with Crippen LogP contribution in [0.4, 0.5) is 0 Å². The van der Waals surface area contributed by atoms with Gasteiger partial charge in [-0.15, -0.1) is 11.3 Å². The van der Waals surface area contributed by atoms with Gasteiger partial charge in [-0.25, -0.2) is 0 Å². The summed E-state index contributed by atoms with van der Waals surface area (Å²) < 4.78 is 12.3. The highest BCUT2D eigenvalue weighted by Gasteiger charge is 2.09. The quantitative estimate of drug-likeness (QED) is 0.296. The van der Waals surface area contributed by atoms with Gasteiger partial charge in [-0.3, -0.25) is 0 Å². The van der Waals surface area contributed by atoms with Crippen molar-refractivity contribution in [1.29, 1.82) is 0 Å². The van der Waals surface area contributed by atoms with Crippen LogP contribution in [0.25, 0.3) is 42.7 Å². The number of hydrogen-bond donors (Lipinski definition) is 0. The molecule has 0 fully saturated rings. The Labute approximate surface area is 160 Å². The van der Waals surface area contributed by atoms with Gasteiger partial charge in [0.25, 0.3) is 0 Å². The lowest BCUT2D eigenvalue weighted by atomic mass is 10.2. The fourth-order valence-corrected chi connectivity index (χ4v) is 4.13. The van der Waals surface area contributed by atoms with Crippen LogP contribution < -0.4 is 0 Å². The number of rotatable bonds is 1. The molecule has 6 aromatic rings. The van der Waals surface area contributed by atoms with E-state index in [1.807, 2.05) is 48.5 Å². The molecule has 0 saturated heterocycles. The van der Waals surface area contributed by atoms with Crippen LogP contribution >= 0.6 is 11.3 Å². The molecular weight excluding hydrogens is 352 g/mol. The van der Waals surface area contributed by atoms with E-state index in [2.05, 4.69) is 42.5 Å². The van der Waals surface area contributed by atoms with Crippen molar-refractivity contribution in [1.82, 2.24) is 0 Å². The highest BCUT2D eigenvalue weighted by molar-refractivity contribution is 7.22. The smallest absolute Gasteiger partial charge is 0.145 e. The van der Waals surface area contributed by atoms with E-state index >= 15 is 0 Å². The second kappa shape index (κ2) is 6.78. The topological polar surface area (TPSA) is 26.3 Å². The maximum absolute atomic E-state index is 5.89. The highest BCUT2D eigenvalue weighted by atomic mass is 32.1. The van der Waals surface area contributed by atoms with Crippen molar-refractivity contribution in [3.63, 3.8) is 0 Å². The van der Waals surface area contributed by atoms with Crippen molar-refractivity contribution in [3.8, 4) is 10.6 Å². The summed E-state index contributed by atoms with van der Waals surface area (Å²) in [6, 6.07) is 30.7. The van der Waals surface area contributed by atoms with E-state index < -0.39 is 0 Å². The average Bonchev–Trinajstić information content (AvgIpc) is 3.44. The fourth-order valence-electron chi connectivity index (χ4n) is 3.11. The Morgan fingerprint density at radius 2 is 1.30 bits per heavy atom. The molecule has 27 heavy (non-hydrogen) atoms. The molecule has 0 N–H and O–H groups in total. The molecule has 0 saturated carbocycles. The monoisotopic (exact) mass is 368 g/mol. The molecule has 6 rings (SSSR count). The van der Waals surface area contributed by atoms with E-state index in [1.165, 1.54) is 15.0 Å². The van der Waals surface area contributed by atoms with Gasteiger partial charge in [0.15, 0.2) is 0 Å². The molecule has 0 aliphatic heterocycles. The molecule has 0 spiro atoms. The zero-order valence-corrected chi connectivity index (χ0v) is 15.3. The normalized spacial score (nSPS) is 11.0. The first-order chi connectivity index (χ1) is 13.4. The zero-order chi connectivity index (χ0) is 18.1. The van der Waals surface area contributed by atoms with Crippen molar-refractivity contribution >= 4 is 43.4 Å². The Bertz CT molecular complexity index is 1170. The molecule has 0 aliphatic carbocycles. The lowest BCUT2D eigenvalue weighted by Gasteiger charge is -1.87. The SMILES string of the molecule is c1ccc2oc(-c3cc4ccccc4s3)cc2c1.c1ccc2occc2c1. The van der Waals surface area contributed by atoms with Crippen molar-refractivity contribution in [3.05, 3.63) is 97.3 Å². The molecule has 0 bridgehead atoms. The third-order valence-electron chi connectivity index (χ3n) is 4.46. The molecule has 0 unspecified atom stereocenters. The highest BCUT2D eigenvalue weighted by Crippen LogP contribution is 2.36. The number of para-hydroxylation sites is 2. The van der Waals surface area contributed by atoms with Crippen LogP contribution in [0.3, 0.4) is 0 Å². The van der Waals surface area contributed by atoms with Crippen molar-refractivity contribution in [2.24, 2.45) is 0 Å². The van der Waals surface area contributed by atoms with Crippen molar-refractivity contribution < 1.29 is 8.83 Å². The largest absolute Gasteiger partial charge is 0.464 e. The Hall–Kier alpha value is -3.30. The molecule has 0 atom stereocenters. The number of hydrogen-bond acceptors (Lipinski definition) is 3. The third kappa shape index (κ3) is 3.14. The summed E-state index contributed by atoms with van der Waals surface area (Å²) in [6.07, 6.45) is 1.70. The Kier molecular flexibility index (Phi) is 4.00. The first kappa shape index (κ1) is 15.9. The maximum Gasteiger partial charge on any atom is 0.145 e. The van der Waals surface area contributed by atoms with Crippen molar-refractivity contribution in [2.75, 3.05) is 0 Å². The molecule has 0 aliphatic rings. The number of benzene rings is 3. The second-order valence-electron chi connectivity index (χ2n) is 6.26. The molecule has 130 valence electrons. The Morgan fingerprint density at radius 3 is 2.07 bits per heavy atom. The minimum atomic E-state index is 0.949. The summed E-state index contributed by atoms with van der Waals surface area (Å²) in [5.74, 6) is 0.956. The summed E-state index contributed by atoms with van der Waals surface area (Å²) in [5.41, 5.74) is 1.91. The summed E-state index contributed by atoms with van der Waals surface area (Å²) in [5, 5.41) is 3.60. The minimum Gasteiger partial charge on any atom is -0.464 e. The number of furan rings is 2. The third-order valence-corrected chi connectivity index (χ3v) is 5.59. The van der Waals surface area contributed by atoms with E-state index in [9.17, 15) is 0 Å². The average molecular weight is 368 g/mol. The van der Waals surface area contributed by atoms with Crippen LogP contribution in [0.2, 0.25) is 0 Å². The van der Waals surface area contributed by atoms with Gasteiger partial charge >= 0.3 is 0 Å². The summed E-state index contributed by atoms with van der Waals surface area (Å²) in [6.45, 7) is 0. The number of fused-ring (bicyclic) bond motifs is 3. The lowest BCUT2D eigenvalue weighted by molar-refractivity contribution is 0.616. The Balaban J connectivity index is 0.000000149. The molecule has 3 aromatic heterocycles. The second-order valence-corrected chi connectivity index (χ2v) is 7.34. The van der Waals surface area contributed by atoms with Gasteiger partial charge in [-0.1, -0.05) is 54.6 Å². The Morgan fingerprint density at radius 1 is 0.593 bits per heavy atom. The van der Waals surface area contributed by atoms with Gasteiger partial charge < -0.3 is 8.83 Å². The molecule has 3 heteroatoms. The van der Waals surface area contributed by atoms with Gasteiger partial charge in [-0.2, -0.15) is 0 Å². The van der Waals surface area contributed by atoms with Gasteiger partial charge in [0.05, 0.1) is 11.1 Å². The fraction of sp³-hybridized carbons (Fsp3) is 0. The van der Waals surface area contributed by atoms with Crippen molar-refractivity contribution in [2.45, 2.75) is 0 Å². The standard InChI is InChI=1S/C16H10OS.C8H6O/c1-3-7-13-11(5-1)9-14(17-13)16-10-12-6-2-4-8-15(12)18-16;1-2-4-8-7(3-1)5-6-9-8/h1-10H;1-6H. The first-order valence-electron chi connectivity index (χ1n) is 8.77. The zero-order valence-electron chi connectivity index (χ0n) is 14.5. The minimum absolute atomic E-state index is 0.949. The van der Waals surface area contributed by atoms with E-state index in [0.29, 0.717) is 0 Å². The van der Waals surface area contributed by atoms with Gasteiger partial charge in [0.1, 0.15) is 16.9 Å². The molecule has 0 radical (unpaired) electrons. The lowest BCUT2D eigenvalue weighted by Crippen LogP contribution is -1.60. The summed E-state index contributed by atoms with van der Waals surface area (Å²) in [4.78, 5) is 1.19. The van der Waals surface area contributed by atoms with Crippen LogP contribution in [0.15, 0.2) is 106 Å². The van der Waals surface area contributed by atoms with Crippen LogP contribution in [-0.4, -0.2) is 0 Å².